The summed E-state index contributed by atoms with van der Waals surface area (Å²) in [5.74, 6) is 0.840. The molecule has 1 aliphatic rings. The molecule has 1 atom stereocenters. The molecule has 0 amide bonds. The van der Waals surface area contributed by atoms with Gasteiger partial charge in [-0.05, 0) is 19.1 Å². The number of anilines is 1. The van der Waals surface area contributed by atoms with Crippen LogP contribution in [0, 0.1) is 5.41 Å². The summed E-state index contributed by atoms with van der Waals surface area (Å²) >= 11 is 0. The third-order valence-corrected chi connectivity index (χ3v) is 2.62. The first-order valence-corrected chi connectivity index (χ1v) is 5.34. The number of nitrogens with zero attached hydrogens (tertiary/aromatic N) is 2. The Labute approximate surface area is 94.7 Å². The molecular formula is C11H16N4O. The molecule has 5 heteroatoms. The molecule has 1 unspecified atom stereocenters. The molecular weight excluding hydrogens is 204 g/mol. The summed E-state index contributed by atoms with van der Waals surface area (Å²) in [5, 5.41) is 7.52. The fraction of sp³-hybridized carbons (Fsp3) is 0.455. The van der Waals surface area contributed by atoms with Gasteiger partial charge in [-0.3, -0.25) is 5.41 Å². The van der Waals surface area contributed by atoms with Crippen molar-refractivity contribution in [2.45, 2.75) is 13.0 Å². The van der Waals surface area contributed by atoms with Gasteiger partial charge in [0.1, 0.15) is 11.7 Å². The highest BCUT2D eigenvalue weighted by Crippen LogP contribution is 2.19. The number of rotatable bonds is 2. The Hall–Kier alpha value is -1.62. The first-order chi connectivity index (χ1) is 7.68. The molecule has 5 nitrogen and oxygen atoms in total. The van der Waals surface area contributed by atoms with Gasteiger partial charge in [0.2, 0.25) is 0 Å². The van der Waals surface area contributed by atoms with E-state index < -0.39 is 0 Å². The van der Waals surface area contributed by atoms with Crippen LogP contribution in [-0.4, -0.2) is 36.6 Å². The van der Waals surface area contributed by atoms with E-state index in [9.17, 15) is 0 Å². The average molecular weight is 220 g/mol. The van der Waals surface area contributed by atoms with E-state index >= 15 is 0 Å². The van der Waals surface area contributed by atoms with Crippen LogP contribution in [-0.2, 0) is 4.74 Å². The molecule has 1 aromatic rings. The number of aromatic nitrogens is 1. The summed E-state index contributed by atoms with van der Waals surface area (Å²) in [6.45, 7) is 4.30. The predicted molar refractivity (Wildman–Crippen MR) is 62.9 cm³/mol. The van der Waals surface area contributed by atoms with Gasteiger partial charge in [0.25, 0.3) is 0 Å². The molecule has 2 heterocycles. The quantitative estimate of drug-likeness (QED) is 0.565. The van der Waals surface area contributed by atoms with Crippen LogP contribution in [0.15, 0.2) is 18.3 Å². The predicted octanol–water partition coefficient (Wildman–Crippen LogP) is 0.591. The van der Waals surface area contributed by atoms with Gasteiger partial charge in [-0.15, -0.1) is 0 Å². The molecule has 0 spiro atoms. The average Bonchev–Trinajstić information content (AvgIpc) is 2.29. The Morgan fingerprint density at radius 2 is 2.50 bits per heavy atom. The highest BCUT2D eigenvalue weighted by atomic mass is 16.5. The fourth-order valence-corrected chi connectivity index (χ4v) is 1.87. The minimum absolute atomic E-state index is 0.0576. The van der Waals surface area contributed by atoms with E-state index in [4.69, 9.17) is 15.9 Å². The summed E-state index contributed by atoms with van der Waals surface area (Å²) in [4.78, 5) is 6.42. The number of hydrogen-bond acceptors (Lipinski definition) is 4. The molecule has 0 radical (unpaired) electrons. The Morgan fingerprint density at radius 3 is 3.19 bits per heavy atom. The van der Waals surface area contributed by atoms with Crippen LogP contribution in [0.25, 0.3) is 0 Å². The first-order valence-electron chi connectivity index (χ1n) is 5.34. The standard InChI is InChI=1S/C11H16N4O/c1-8-7-15(5-6-16-8)11-9(10(12)13)3-2-4-14-11/h2-4,8H,5-7H2,1H3,(H3,12,13). The van der Waals surface area contributed by atoms with Gasteiger partial charge >= 0.3 is 0 Å². The molecule has 1 aliphatic heterocycles. The molecule has 1 aromatic heterocycles. The minimum Gasteiger partial charge on any atom is -0.384 e. The molecule has 1 saturated heterocycles. The Kier molecular flexibility index (Phi) is 3.05. The molecule has 2 rings (SSSR count). The van der Waals surface area contributed by atoms with Gasteiger partial charge < -0.3 is 15.4 Å². The Bertz CT molecular complexity index is 393. The molecule has 0 bridgehead atoms. The van der Waals surface area contributed by atoms with Crippen molar-refractivity contribution in [3.63, 3.8) is 0 Å². The molecule has 0 saturated carbocycles. The smallest absolute Gasteiger partial charge is 0.139 e. The summed E-state index contributed by atoms with van der Waals surface area (Å²) < 4.78 is 5.48. The lowest BCUT2D eigenvalue weighted by Gasteiger charge is -2.32. The molecule has 0 aliphatic carbocycles. The zero-order valence-corrected chi connectivity index (χ0v) is 9.31. The van der Waals surface area contributed by atoms with E-state index in [2.05, 4.69) is 9.88 Å². The Morgan fingerprint density at radius 1 is 1.69 bits per heavy atom. The van der Waals surface area contributed by atoms with Crippen molar-refractivity contribution in [2.75, 3.05) is 24.6 Å². The first kappa shape index (κ1) is 10.9. The number of morpholine rings is 1. The maximum absolute atomic E-state index is 7.52. The van der Waals surface area contributed by atoms with Crippen LogP contribution in [0.2, 0.25) is 0 Å². The van der Waals surface area contributed by atoms with Crippen LogP contribution >= 0.6 is 0 Å². The van der Waals surface area contributed by atoms with Crippen molar-refractivity contribution in [1.29, 1.82) is 5.41 Å². The second kappa shape index (κ2) is 4.49. The van der Waals surface area contributed by atoms with Gasteiger partial charge in [0, 0.05) is 19.3 Å². The van der Waals surface area contributed by atoms with Crippen LogP contribution in [0.1, 0.15) is 12.5 Å². The van der Waals surface area contributed by atoms with Gasteiger partial charge in [-0.2, -0.15) is 0 Å². The van der Waals surface area contributed by atoms with Crippen molar-refractivity contribution >= 4 is 11.7 Å². The zero-order valence-electron chi connectivity index (χ0n) is 9.31. The molecule has 3 N–H and O–H groups in total. The maximum atomic E-state index is 7.52. The number of hydrogen-bond donors (Lipinski definition) is 2. The fourth-order valence-electron chi connectivity index (χ4n) is 1.87. The van der Waals surface area contributed by atoms with E-state index in [-0.39, 0.29) is 11.9 Å². The molecule has 1 fully saturated rings. The topological polar surface area (TPSA) is 75.2 Å². The van der Waals surface area contributed by atoms with E-state index in [1.807, 2.05) is 13.0 Å². The molecule has 86 valence electrons. The van der Waals surface area contributed by atoms with Gasteiger partial charge in [-0.25, -0.2) is 4.98 Å². The molecule has 16 heavy (non-hydrogen) atoms. The van der Waals surface area contributed by atoms with E-state index in [1.165, 1.54) is 0 Å². The lowest BCUT2D eigenvalue weighted by molar-refractivity contribution is 0.0529. The van der Waals surface area contributed by atoms with Gasteiger partial charge in [0.15, 0.2) is 0 Å². The van der Waals surface area contributed by atoms with Crippen LogP contribution in [0.4, 0.5) is 5.82 Å². The summed E-state index contributed by atoms with van der Waals surface area (Å²) in [5.41, 5.74) is 6.23. The van der Waals surface area contributed by atoms with Crippen LogP contribution < -0.4 is 10.6 Å². The lowest BCUT2D eigenvalue weighted by Crippen LogP contribution is -2.42. The number of nitrogens with one attached hydrogen (secondary N) is 1. The molecule has 0 aromatic carbocycles. The number of ether oxygens (including phenoxy) is 1. The second-order valence-electron chi connectivity index (χ2n) is 3.92. The normalized spacial score (nSPS) is 20.8. The van der Waals surface area contributed by atoms with E-state index in [0.29, 0.717) is 12.2 Å². The number of amidine groups is 1. The number of nitrogen functional groups attached to an aromatic ring is 1. The SMILES string of the molecule is CC1CN(c2ncccc2C(=N)N)CCO1. The van der Waals surface area contributed by atoms with Crippen molar-refractivity contribution in [3.05, 3.63) is 23.9 Å². The second-order valence-corrected chi connectivity index (χ2v) is 3.92. The van der Waals surface area contributed by atoms with Crippen molar-refractivity contribution in [1.82, 2.24) is 4.98 Å². The summed E-state index contributed by atoms with van der Waals surface area (Å²) in [6.07, 6.45) is 1.91. The van der Waals surface area contributed by atoms with Crippen LogP contribution in [0.3, 0.4) is 0 Å². The van der Waals surface area contributed by atoms with Crippen LogP contribution in [0.5, 0.6) is 0 Å². The van der Waals surface area contributed by atoms with Crippen molar-refractivity contribution in [3.8, 4) is 0 Å². The largest absolute Gasteiger partial charge is 0.384 e. The van der Waals surface area contributed by atoms with E-state index in [1.54, 1.807) is 12.3 Å². The third-order valence-electron chi connectivity index (χ3n) is 2.62. The summed E-state index contributed by atoms with van der Waals surface area (Å²) in [7, 11) is 0. The lowest BCUT2D eigenvalue weighted by atomic mass is 10.2. The highest BCUT2D eigenvalue weighted by molar-refractivity contribution is 5.99. The van der Waals surface area contributed by atoms with Crippen molar-refractivity contribution < 1.29 is 4.74 Å². The van der Waals surface area contributed by atoms with Crippen molar-refractivity contribution in [2.24, 2.45) is 5.73 Å². The zero-order chi connectivity index (χ0) is 11.5. The van der Waals surface area contributed by atoms with E-state index in [0.717, 1.165) is 18.9 Å². The highest BCUT2D eigenvalue weighted by Gasteiger charge is 2.20. The third kappa shape index (κ3) is 2.14. The van der Waals surface area contributed by atoms with Gasteiger partial charge in [-0.1, -0.05) is 0 Å². The maximum Gasteiger partial charge on any atom is 0.139 e. The van der Waals surface area contributed by atoms with Gasteiger partial charge in [0.05, 0.1) is 18.3 Å². The monoisotopic (exact) mass is 220 g/mol. The number of pyridine rings is 1. The Balaban J connectivity index is 2.28. The summed E-state index contributed by atoms with van der Waals surface area (Å²) in [6, 6.07) is 3.62. The number of nitrogens with two attached hydrogens (primary N) is 1. The minimum atomic E-state index is 0.0576.